The van der Waals surface area contributed by atoms with Crippen LogP contribution in [0.15, 0.2) is 12.5 Å². The number of H-pyrrole nitrogens is 1. The lowest BCUT2D eigenvalue weighted by atomic mass is 9.94. The summed E-state index contributed by atoms with van der Waals surface area (Å²) in [6.07, 6.45) is 8.01. The molecule has 6 heteroatoms. The molecule has 16 heavy (non-hydrogen) atoms. The smallest absolute Gasteiger partial charge is 0.342 e. The summed E-state index contributed by atoms with van der Waals surface area (Å²) in [5, 5.41) is 11.3. The van der Waals surface area contributed by atoms with Crippen LogP contribution in [0.1, 0.15) is 12.6 Å². The van der Waals surface area contributed by atoms with Gasteiger partial charge in [-0.3, -0.25) is 4.79 Å². The van der Waals surface area contributed by atoms with Gasteiger partial charge in [-0.25, -0.2) is 9.78 Å². The zero-order valence-corrected chi connectivity index (χ0v) is 8.65. The SMILES string of the molecule is C#CC(Cc1cnc[nH]1)(NC(C)=O)C(=O)O. The fourth-order valence-electron chi connectivity index (χ4n) is 1.29. The van der Waals surface area contributed by atoms with Crippen molar-refractivity contribution in [3.8, 4) is 12.3 Å². The van der Waals surface area contributed by atoms with Crippen LogP contribution >= 0.6 is 0 Å². The van der Waals surface area contributed by atoms with Crippen LogP contribution in [-0.2, 0) is 16.0 Å². The third kappa shape index (κ3) is 2.39. The van der Waals surface area contributed by atoms with E-state index < -0.39 is 17.4 Å². The molecule has 0 saturated heterocycles. The topological polar surface area (TPSA) is 95.1 Å². The van der Waals surface area contributed by atoms with E-state index in [1.807, 2.05) is 0 Å². The highest BCUT2D eigenvalue weighted by molar-refractivity contribution is 5.89. The molecule has 0 aliphatic heterocycles. The van der Waals surface area contributed by atoms with Gasteiger partial charge in [0.25, 0.3) is 0 Å². The number of carbonyl (C=O) groups is 2. The Morgan fingerprint density at radius 2 is 2.44 bits per heavy atom. The van der Waals surface area contributed by atoms with Gasteiger partial charge in [0, 0.05) is 25.2 Å². The van der Waals surface area contributed by atoms with E-state index in [0.29, 0.717) is 5.69 Å². The van der Waals surface area contributed by atoms with Gasteiger partial charge in [0.15, 0.2) is 0 Å². The maximum absolute atomic E-state index is 11.1. The second kappa shape index (κ2) is 4.49. The van der Waals surface area contributed by atoms with Crippen LogP contribution in [-0.4, -0.2) is 32.5 Å². The van der Waals surface area contributed by atoms with Crippen molar-refractivity contribution in [2.24, 2.45) is 0 Å². The number of carboxylic acids is 1. The number of nitrogens with zero attached hydrogens (tertiary/aromatic N) is 1. The lowest BCUT2D eigenvalue weighted by molar-refractivity contribution is -0.144. The van der Waals surface area contributed by atoms with Crippen molar-refractivity contribution in [3.63, 3.8) is 0 Å². The number of imidazole rings is 1. The molecule has 0 fully saturated rings. The summed E-state index contributed by atoms with van der Waals surface area (Å²) in [4.78, 5) is 28.6. The molecule has 0 aliphatic rings. The van der Waals surface area contributed by atoms with E-state index in [9.17, 15) is 9.59 Å². The molecule has 1 heterocycles. The summed E-state index contributed by atoms with van der Waals surface area (Å²) < 4.78 is 0. The van der Waals surface area contributed by atoms with E-state index in [4.69, 9.17) is 11.5 Å². The molecule has 0 bridgehead atoms. The van der Waals surface area contributed by atoms with E-state index >= 15 is 0 Å². The van der Waals surface area contributed by atoms with Crippen LogP contribution in [0.5, 0.6) is 0 Å². The van der Waals surface area contributed by atoms with Gasteiger partial charge in [-0.2, -0.15) is 0 Å². The first kappa shape index (κ1) is 11.8. The Labute approximate surface area is 92.1 Å². The molecule has 1 rings (SSSR count). The maximum atomic E-state index is 11.1. The number of carboxylic acid groups (broad SMARTS) is 1. The molecule has 1 atom stereocenters. The van der Waals surface area contributed by atoms with Gasteiger partial charge < -0.3 is 15.4 Å². The number of nitrogens with one attached hydrogen (secondary N) is 2. The first-order valence-electron chi connectivity index (χ1n) is 4.47. The number of amides is 1. The first-order chi connectivity index (χ1) is 7.50. The second-order valence-electron chi connectivity index (χ2n) is 3.29. The number of aromatic nitrogens is 2. The Morgan fingerprint density at radius 1 is 1.75 bits per heavy atom. The van der Waals surface area contributed by atoms with Crippen LogP contribution in [0.2, 0.25) is 0 Å². The van der Waals surface area contributed by atoms with Crippen LogP contribution in [0, 0.1) is 12.3 Å². The maximum Gasteiger partial charge on any atom is 0.342 e. The minimum atomic E-state index is -1.74. The van der Waals surface area contributed by atoms with E-state index in [2.05, 4.69) is 21.2 Å². The molecule has 0 radical (unpaired) electrons. The summed E-state index contributed by atoms with van der Waals surface area (Å²) in [5.41, 5.74) is -1.20. The van der Waals surface area contributed by atoms with Crippen molar-refractivity contribution in [2.45, 2.75) is 18.9 Å². The molecule has 0 aliphatic carbocycles. The number of aliphatic carboxylic acids is 1. The average Bonchev–Trinajstić information content (AvgIpc) is 2.68. The van der Waals surface area contributed by atoms with E-state index in [0.717, 1.165) is 0 Å². The molecule has 3 N–H and O–H groups in total. The molecular formula is C10H11N3O3. The van der Waals surface area contributed by atoms with E-state index in [1.54, 1.807) is 0 Å². The monoisotopic (exact) mass is 221 g/mol. The summed E-state index contributed by atoms with van der Waals surface area (Å²) in [6, 6.07) is 0. The van der Waals surface area contributed by atoms with Gasteiger partial charge in [-0.05, 0) is 0 Å². The van der Waals surface area contributed by atoms with Crippen molar-refractivity contribution >= 4 is 11.9 Å². The Bertz CT molecular complexity index is 433. The second-order valence-corrected chi connectivity index (χ2v) is 3.29. The van der Waals surface area contributed by atoms with Crippen molar-refractivity contribution in [1.82, 2.24) is 15.3 Å². The quantitative estimate of drug-likeness (QED) is 0.600. The van der Waals surface area contributed by atoms with Crippen molar-refractivity contribution in [1.29, 1.82) is 0 Å². The number of rotatable bonds is 4. The van der Waals surface area contributed by atoms with Crippen molar-refractivity contribution in [2.75, 3.05) is 0 Å². The fraction of sp³-hybridized carbons (Fsp3) is 0.300. The standard InChI is InChI=1S/C10H11N3O3/c1-3-10(9(15)16,13-7(2)14)4-8-5-11-6-12-8/h1,5-6H,4H2,2H3,(H,11,12)(H,13,14)(H,15,16). The van der Waals surface area contributed by atoms with Gasteiger partial charge in [0.1, 0.15) is 0 Å². The van der Waals surface area contributed by atoms with Gasteiger partial charge >= 0.3 is 5.97 Å². The Hall–Kier alpha value is -2.29. The minimum Gasteiger partial charge on any atom is -0.479 e. The number of hydrogen-bond donors (Lipinski definition) is 3. The van der Waals surface area contributed by atoms with E-state index in [-0.39, 0.29) is 6.42 Å². The zero-order valence-electron chi connectivity index (χ0n) is 8.65. The van der Waals surface area contributed by atoms with Crippen LogP contribution in [0.4, 0.5) is 0 Å². The highest BCUT2D eigenvalue weighted by atomic mass is 16.4. The molecule has 6 nitrogen and oxygen atoms in total. The summed E-state index contributed by atoms with van der Waals surface area (Å²) >= 11 is 0. The Kier molecular flexibility index (Phi) is 3.30. The predicted octanol–water partition coefficient (Wildman–Crippen LogP) is -0.455. The lowest BCUT2D eigenvalue weighted by Crippen LogP contribution is -2.54. The van der Waals surface area contributed by atoms with Gasteiger partial charge in [0.05, 0.1) is 6.33 Å². The fourth-order valence-corrected chi connectivity index (χ4v) is 1.29. The first-order valence-corrected chi connectivity index (χ1v) is 4.47. The minimum absolute atomic E-state index is 0.0432. The summed E-state index contributed by atoms with van der Waals surface area (Å²) in [5.74, 6) is 0.327. The van der Waals surface area contributed by atoms with Crippen LogP contribution in [0.3, 0.4) is 0 Å². The van der Waals surface area contributed by atoms with Crippen molar-refractivity contribution < 1.29 is 14.7 Å². The number of carbonyl (C=O) groups excluding carboxylic acids is 1. The highest BCUT2D eigenvalue weighted by Crippen LogP contribution is 2.11. The Balaban J connectivity index is 2.99. The molecule has 1 unspecified atom stereocenters. The third-order valence-corrected chi connectivity index (χ3v) is 2.01. The van der Waals surface area contributed by atoms with Gasteiger partial charge in [0.2, 0.25) is 11.4 Å². The summed E-state index contributed by atoms with van der Waals surface area (Å²) in [7, 11) is 0. The third-order valence-electron chi connectivity index (χ3n) is 2.01. The molecule has 0 spiro atoms. The average molecular weight is 221 g/mol. The molecule has 0 aromatic carbocycles. The largest absolute Gasteiger partial charge is 0.479 e. The Morgan fingerprint density at radius 3 is 2.81 bits per heavy atom. The molecular weight excluding hydrogens is 210 g/mol. The van der Waals surface area contributed by atoms with Gasteiger partial charge in [-0.1, -0.05) is 5.92 Å². The van der Waals surface area contributed by atoms with Crippen LogP contribution < -0.4 is 5.32 Å². The number of hydrogen-bond acceptors (Lipinski definition) is 3. The highest BCUT2D eigenvalue weighted by Gasteiger charge is 2.38. The van der Waals surface area contributed by atoms with E-state index in [1.165, 1.54) is 19.4 Å². The normalized spacial score (nSPS) is 13.5. The number of terminal acetylenes is 1. The van der Waals surface area contributed by atoms with Gasteiger partial charge in [-0.15, -0.1) is 6.42 Å². The number of aromatic amines is 1. The lowest BCUT2D eigenvalue weighted by Gasteiger charge is -2.23. The summed E-state index contributed by atoms with van der Waals surface area (Å²) in [6.45, 7) is 1.21. The van der Waals surface area contributed by atoms with Crippen LogP contribution in [0.25, 0.3) is 0 Å². The molecule has 1 aromatic heterocycles. The molecule has 0 saturated carbocycles. The zero-order chi connectivity index (χ0) is 12.2. The molecule has 1 aromatic rings. The van der Waals surface area contributed by atoms with Crippen molar-refractivity contribution in [3.05, 3.63) is 18.2 Å². The molecule has 84 valence electrons. The predicted molar refractivity (Wildman–Crippen MR) is 55.3 cm³/mol. The molecule has 1 amide bonds.